The van der Waals surface area contributed by atoms with E-state index >= 15 is 0 Å². The number of benzene rings is 1. The van der Waals surface area contributed by atoms with Crippen LogP contribution in [0.3, 0.4) is 0 Å². The van der Waals surface area contributed by atoms with E-state index in [0.717, 1.165) is 4.90 Å². The lowest BCUT2D eigenvalue weighted by Crippen LogP contribution is -2.54. The van der Waals surface area contributed by atoms with Crippen molar-refractivity contribution in [2.75, 3.05) is 13.1 Å². The van der Waals surface area contributed by atoms with Crippen molar-refractivity contribution in [3.63, 3.8) is 0 Å². The Morgan fingerprint density at radius 1 is 1.08 bits per heavy atom. The van der Waals surface area contributed by atoms with Crippen LogP contribution in [0.4, 0.5) is 0 Å². The van der Waals surface area contributed by atoms with Crippen LogP contribution in [0.1, 0.15) is 33.6 Å². The van der Waals surface area contributed by atoms with E-state index in [1.165, 1.54) is 0 Å². The molecule has 3 heterocycles. The molecule has 8 nitrogen and oxygen atoms in total. The van der Waals surface area contributed by atoms with Crippen molar-refractivity contribution in [3.05, 3.63) is 29.3 Å². The molecule has 0 radical (unpaired) electrons. The van der Waals surface area contributed by atoms with E-state index in [0.29, 0.717) is 18.8 Å². The minimum Gasteiger partial charge on any atom is -0.487 e. The van der Waals surface area contributed by atoms with Crippen LogP contribution in [0.15, 0.2) is 18.2 Å². The number of nitrogens with zero attached hydrogens (tertiary/aromatic N) is 1. The van der Waals surface area contributed by atoms with Crippen molar-refractivity contribution in [3.8, 4) is 5.75 Å². The number of nitrogens with one attached hydrogen (secondary N) is 2. The number of fused-ring (bicyclic) bond motifs is 1. The number of amides is 4. The summed E-state index contributed by atoms with van der Waals surface area (Å²) in [4.78, 5) is 49.7. The molecule has 3 aliphatic rings. The Kier molecular flexibility index (Phi) is 3.34. The Morgan fingerprint density at radius 2 is 1.88 bits per heavy atom. The van der Waals surface area contributed by atoms with Gasteiger partial charge in [-0.15, -0.1) is 0 Å². The summed E-state index contributed by atoms with van der Waals surface area (Å²) in [5.41, 5.74) is 0.425. The maximum Gasteiger partial charge on any atom is 0.266 e. The predicted molar refractivity (Wildman–Crippen MR) is 80.4 cm³/mol. The molecule has 1 atom stereocenters. The van der Waals surface area contributed by atoms with Crippen LogP contribution in [-0.2, 0) is 9.59 Å². The molecule has 0 bridgehead atoms. The molecule has 0 spiro atoms. The van der Waals surface area contributed by atoms with Gasteiger partial charge in [0.25, 0.3) is 11.8 Å². The second-order valence-electron chi connectivity index (χ2n) is 6.02. The molecule has 124 valence electrons. The van der Waals surface area contributed by atoms with Gasteiger partial charge in [0.05, 0.1) is 11.1 Å². The van der Waals surface area contributed by atoms with E-state index < -0.39 is 29.7 Å². The van der Waals surface area contributed by atoms with Gasteiger partial charge in [-0.25, -0.2) is 0 Å². The number of hydrogen-bond donors (Lipinski definition) is 2. The largest absolute Gasteiger partial charge is 0.487 e. The highest BCUT2D eigenvalue weighted by Gasteiger charge is 2.46. The third kappa shape index (κ3) is 2.18. The number of carbonyl (C=O) groups excluding carboxylic acids is 4. The highest BCUT2D eigenvalue weighted by molar-refractivity contribution is 6.24. The summed E-state index contributed by atoms with van der Waals surface area (Å²) in [7, 11) is 0. The molecule has 4 rings (SSSR count). The van der Waals surface area contributed by atoms with Crippen LogP contribution >= 0.6 is 0 Å². The van der Waals surface area contributed by atoms with Crippen molar-refractivity contribution >= 4 is 23.6 Å². The number of hydrogen-bond acceptors (Lipinski definition) is 6. The van der Waals surface area contributed by atoms with Crippen LogP contribution in [-0.4, -0.2) is 53.8 Å². The predicted octanol–water partition coefficient (Wildman–Crippen LogP) is -0.562. The molecule has 3 aliphatic heterocycles. The van der Waals surface area contributed by atoms with Crippen molar-refractivity contribution in [1.82, 2.24) is 15.5 Å². The highest BCUT2D eigenvalue weighted by atomic mass is 16.5. The molecule has 1 aromatic rings. The molecular formula is C16H15N3O5. The molecular weight excluding hydrogens is 314 g/mol. The van der Waals surface area contributed by atoms with Crippen molar-refractivity contribution in [1.29, 1.82) is 0 Å². The molecule has 1 unspecified atom stereocenters. The lowest BCUT2D eigenvalue weighted by Gasteiger charge is -2.29. The standard InChI is InChI=1S/C16H15N3O5/c20-12-5-4-10(14(21)18-12)19-15(22)9-2-1-3-11(13(9)16(19)23)24-8-6-17-7-8/h1-3,8,10,17H,4-7H2,(H,18,20,21). The monoisotopic (exact) mass is 329 g/mol. The van der Waals surface area contributed by atoms with Gasteiger partial charge in [-0.3, -0.25) is 29.4 Å². The molecule has 0 aromatic heterocycles. The maximum atomic E-state index is 12.8. The maximum absolute atomic E-state index is 12.8. The van der Waals surface area contributed by atoms with Gasteiger partial charge < -0.3 is 10.1 Å². The van der Waals surface area contributed by atoms with Gasteiger partial charge in [-0.05, 0) is 18.6 Å². The number of imide groups is 2. The number of rotatable bonds is 3. The summed E-state index contributed by atoms with van der Waals surface area (Å²) in [6.45, 7) is 1.37. The summed E-state index contributed by atoms with van der Waals surface area (Å²) < 4.78 is 5.77. The average molecular weight is 329 g/mol. The number of carbonyl (C=O) groups is 4. The topological polar surface area (TPSA) is 105 Å². The van der Waals surface area contributed by atoms with Crippen LogP contribution in [0.25, 0.3) is 0 Å². The first kappa shape index (κ1) is 14.8. The zero-order valence-electron chi connectivity index (χ0n) is 12.7. The average Bonchev–Trinajstić information content (AvgIpc) is 2.76. The molecule has 2 N–H and O–H groups in total. The normalized spacial score (nSPS) is 23.8. The lowest BCUT2D eigenvalue weighted by atomic mass is 10.0. The number of piperidine rings is 1. The minimum absolute atomic E-state index is 0.0379. The van der Waals surface area contributed by atoms with Gasteiger partial charge in [0.1, 0.15) is 17.9 Å². The third-order valence-electron chi connectivity index (χ3n) is 4.47. The minimum atomic E-state index is -0.965. The Morgan fingerprint density at radius 3 is 2.54 bits per heavy atom. The molecule has 0 aliphatic carbocycles. The Labute approximate surface area is 137 Å². The first-order chi connectivity index (χ1) is 11.6. The van der Waals surface area contributed by atoms with Gasteiger partial charge >= 0.3 is 0 Å². The fraction of sp³-hybridized carbons (Fsp3) is 0.375. The van der Waals surface area contributed by atoms with Crippen molar-refractivity contribution in [2.45, 2.75) is 25.0 Å². The van der Waals surface area contributed by atoms with Crippen LogP contribution in [0.2, 0.25) is 0 Å². The summed E-state index contributed by atoms with van der Waals surface area (Å²) in [5, 5.41) is 5.24. The van der Waals surface area contributed by atoms with E-state index in [1.807, 2.05) is 0 Å². The van der Waals surface area contributed by atoms with Crippen LogP contribution in [0.5, 0.6) is 5.75 Å². The molecule has 24 heavy (non-hydrogen) atoms. The van der Waals surface area contributed by atoms with Gasteiger partial charge in [0.15, 0.2) is 0 Å². The zero-order chi connectivity index (χ0) is 16.8. The van der Waals surface area contributed by atoms with Crippen molar-refractivity contribution < 1.29 is 23.9 Å². The molecule has 4 amide bonds. The summed E-state index contributed by atoms with van der Waals surface area (Å²) in [6, 6.07) is 3.89. The first-order valence-corrected chi connectivity index (χ1v) is 7.78. The number of ether oxygens (including phenoxy) is 1. The summed E-state index contributed by atoms with van der Waals surface area (Å²) in [6.07, 6.45) is 0.198. The zero-order valence-corrected chi connectivity index (χ0v) is 12.7. The molecule has 8 heteroatoms. The van der Waals surface area contributed by atoms with Gasteiger partial charge in [0.2, 0.25) is 11.8 Å². The third-order valence-corrected chi connectivity index (χ3v) is 4.47. The highest BCUT2D eigenvalue weighted by Crippen LogP contribution is 2.34. The molecule has 2 saturated heterocycles. The molecule has 2 fully saturated rings. The molecule has 0 saturated carbocycles. The summed E-state index contributed by atoms with van der Waals surface area (Å²) in [5.74, 6) is -1.73. The van der Waals surface area contributed by atoms with E-state index in [-0.39, 0.29) is 30.1 Å². The second-order valence-corrected chi connectivity index (χ2v) is 6.02. The van der Waals surface area contributed by atoms with E-state index in [4.69, 9.17) is 4.74 Å². The lowest BCUT2D eigenvalue weighted by molar-refractivity contribution is -0.136. The Hall–Kier alpha value is -2.74. The Balaban J connectivity index is 1.66. The Bertz CT molecular complexity index is 771. The van der Waals surface area contributed by atoms with Crippen LogP contribution < -0.4 is 15.4 Å². The van der Waals surface area contributed by atoms with Crippen molar-refractivity contribution in [2.24, 2.45) is 0 Å². The molecule has 1 aromatic carbocycles. The van der Waals surface area contributed by atoms with Gasteiger partial charge in [0, 0.05) is 19.5 Å². The van der Waals surface area contributed by atoms with E-state index in [9.17, 15) is 19.2 Å². The second kappa shape index (κ2) is 5.41. The fourth-order valence-electron chi connectivity index (χ4n) is 3.11. The summed E-state index contributed by atoms with van der Waals surface area (Å²) >= 11 is 0. The van der Waals surface area contributed by atoms with E-state index in [1.54, 1.807) is 18.2 Å². The SMILES string of the molecule is O=C1CCC(N2C(=O)c3cccc(OC4CNC4)c3C2=O)C(=O)N1. The van der Waals surface area contributed by atoms with Gasteiger partial charge in [-0.2, -0.15) is 0 Å². The smallest absolute Gasteiger partial charge is 0.266 e. The fourth-order valence-corrected chi connectivity index (χ4v) is 3.11. The first-order valence-electron chi connectivity index (χ1n) is 7.78. The van der Waals surface area contributed by atoms with Crippen LogP contribution in [0, 0.1) is 0 Å². The van der Waals surface area contributed by atoms with Gasteiger partial charge in [-0.1, -0.05) is 6.07 Å². The quantitative estimate of drug-likeness (QED) is 0.720. The van der Waals surface area contributed by atoms with E-state index in [2.05, 4.69) is 10.6 Å².